The Labute approximate surface area is 117 Å². The molecule has 1 fully saturated rings. The lowest BCUT2D eigenvalue weighted by atomic mass is 10.0. The number of halogens is 1. The summed E-state index contributed by atoms with van der Waals surface area (Å²) in [4.78, 5) is 21.3. The minimum absolute atomic E-state index is 0.368. The van der Waals surface area contributed by atoms with Crippen LogP contribution in [0.4, 0.5) is 9.18 Å². The molecular weight excluding hydrogens is 263 g/mol. The van der Waals surface area contributed by atoms with E-state index in [-0.39, 0.29) is 6.04 Å². The molecule has 1 aromatic heterocycles. The number of carbonyl (C=O) groups is 1. The van der Waals surface area contributed by atoms with E-state index in [0.717, 1.165) is 6.20 Å². The molecule has 1 aromatic rings. The van der Waals surface area contributed by atoms with Gasteiger partial charge in [0, 0.05) is 18.2 Å². The largest absolute Gasteiger partial charge is 0.442 e. The summed E-state index contributed by atoms with van der Waals surface area (Å²) in [6.07, 6.45) is 2.75. The number of ether oxygens (including phenoxy) is 1. The number of nitrogens with zero attached hydrogens (tertiary/aromatic N) is 2. The molecular formula is C14H19FN2O3. The fourth-order valence-electron chi connectivity index (χ4n) is 2.09. The first-order valence-corrected chi connectivity index (χ1v) is 6.55. The second kappa shape index (κ2) is 5.36. The number of rotatable bonds is 1. The third kappa shape index (κ3) is 3.07. The molecule has 0 radical (unpaired) electrons. The highest BCUT2D eigenvalue weighted by Gasteiger charge is 2.36. The molecule has 6 heteroatoms. The molecule has 1 saturated heterocycles. The van der Waals surface area contributed by atoms with Crippen LogP contribution < -0.4 is 0 Å². The van der Waals surface area contributed by atoms with Crippen LogP contribution >= 0.6 is 0 Å². The van der Waals surface area contributed by atoms with E-state index in [1.54, 1.807) is 33.9 Å². The van der Waals surface area contributed by atoms with E-state index in [4.69, 9.17) is 9.57 Å². The summed E-state index contributed by atoms with van der Waals surface area (Å²) in [6, 6.07) is -0.368. The number of hydrogen-bond acceptors (Lipinski definition) is 4. The van der Waals surface area contributed by atoms with Gasteiger partial charge >= 0.3 is 6.09 Å². The topological polar surface area (TPSA) is 51.7 Å². The van der Waals surface area contributed by atoms with Crippen LogP contribution in [0, 0.1) is 12.7 Å². The van der Waals surface area contributed by atoms with Gasteiger partial charge in [-0.25, -0.2) is 9.18 Å². The Morgan fingerprint density at radius 2 is 2.20 bits per heavy atom. The number of hydroxylamine groups is 2. The van der Waals surface area contributed by atoms with Crippen molar-refractivity contribution in [2.75, 3.05) is 6.61 Å². The maximum Gasteiger partial charge on any atom is 0.435 e. The summed E-state index contributed by atoms with van der Waals surface area (Å²) in [7, 11) is 0. The fraction of sp³-hybridized carbons (Fsp3) is 0.571. The second-order valence-electron chi connectivity index (χ2n) is 5.78. The van der Waals surface area contributed by atoms with Gasteiger partial charge in [-0.3, -0.25) is 9.82 Å². The Balaban J connectivity index is 2.23. The molecule has 0 N–H and O–H groups in total. The number of aromatic nitrogens is 1. The zero-order chi connectivity index (χ0) is 14.9. The summed E-state index contributed by atoms with van der Waals surface area (Å²) in [5.74, 6) is -0.390. The van der Waals surface area contributed by atoms with Crippen molar-refractivity contribution in [2.24, 2.45) is 0 Å². The molecule has 1 unspecified atom stereocenters. The van der Waals surface area contributed by atoms with Crippen molar-refractivity contribution in [3.63, 3.8) is 0 Å². The number of amides is 1. The van der Waals surface area contributed by atoms with Crippen LogP contribution in [0.5, 0.6) is 0 Å². The van der Waals surface area contributed by atoms with Gasteiger partial charge in [-0.2, -0.15) is 5.06 Å². The van der Waals surface area contributed by atoms with Crippen molar-refractivity contribution in [3.05, 3.63) is 29.3 Å². The molecule has 0 bridgehead atoms. The van der Waals surface area contributed by atoms with Crippen molar-refractivity contribution >= 4 is 6.09 Å². The van der Waals surface area contributed by atoms with E-state index in [1.807, 2.05) is 0 Å². The van der Waals surface area contributed by atoms with Gasteiger partial charge in [0.25, 0.3) is 0 Å². The Kier molecular flexibility index (Phi) is 3.94. The minimum Gasteiger partial charge on any atom is -0.442 e. The zero-order valence-electron chi connectivity index (χ0n) is 12.1. The molecule has 5 nitrogen and oxygen atoms in total. The van der Waals surface area contributed by atoms with E-state index in [2.05, 4.69) is 4.98 Å². The Morgan fingerprint density at radius 3 is 2.85 bits per heavy atom. The number of hydrogen-bond donors (Lipinski definition) is 0. The van der Waals surface area contributed by atoms with Gasteiger partial charge in [0.2, 0.25) is 0 Å². The maximum absolute atomic E-state index is 13.6. The zero-order valence-corrected chi connectivity index (χ0v) is 12.1. The van der Waals surface area contributed by atoms with Gasteiger partial charge in [0.1, 0.15) is 11.4 Å². The first kappa shape index (κ1) is 14.7. The quantitative estimate of drug-likeness (QED) is 0.794. The predicted octanol–water partition coefficient (Wildman–Crippen LogP) is 3.14. The Morgan fingerprint density at radius 1 is 1.50 bits per heavy atom. The molecule has 110 valence electrons. The molecule has 0 aliphatic carbocycles. The summed E-state index contributed by atoms with van der Waals surface area (Å²) in [6.45, 7) is 7.40. The summed E-state index contributed by atoms with van der Waals surface area (Å²) in [5, 5.41) is 1.18. The Bertz CT molecular complexity index is 514. The van der Waals surface area contributed by atoms with Crippen LogP contribution in [-0.2, 0) is 9.57 Å². The lowest BCUT2D eigenvalue weighted by Gasteiger charge is -2.27. The van der Waals surface area contributed by atoms with Gasteiger partial charge in [0.15, 0.2) is 0 Å². The van der Waals surface area contributed by atoms with Crippen LogP contribution in [0.15, 0.2) is 12.4 Å². The molecule has 1 aliphatic heterocycles. The molecule has 0 aromatic carbocycles. The number of pyridine rings is 1. The highest BCUT2D eigenvalue weighted by atomic mass is 19.1. The lowest BCUT2D eigenvalue weighted by Crippen LogP contribution is -2.36. The van der Waals surface area contributed by atoms with Crippen LogP contribution in [0.2, 0.25) is 0 Å². The van der Waals surface area contributed by atoms with E-state index in [0.29, 0.717) is 24.2 Å². The SMILES string of the molecule is Cc1c(F)cncc1C1CCON1C(=O)OC(C)(C)C. The predicted molar refractivity (Wildman–Crippen MR) is 70.3 cm³/mol. The average Bonchev–Trinajstić information content (AvgIpc) is 2.79. The summed E-state index contributed by atoms with van der Waals surface area (Å²) >= 11 is 0. The third-order valence-electron chi connectivity index (χ3n) is 3.03. The summed E-state index contributed by atoms with van der Waals surface area (Å²) in [5.41, 5.74) is 0.514. The van der Waals surface area contributed by atoms with Crippen LogP contribution in [-0.4, -0.2) is 28.3 Å². The standard InChI is InChI=1S/C14H19FN2O3/c1-9-10(7-16-8-11(9)15)12-5-6-19-17(12)13(18)20-14(2,3)4/h7-8,12H,5-6H2,1-4H3. The molecule has 2 heterocycles. The van der Waals surface area contributed by atoms with Crippen molar-refractivity contribution in [2.45, 2.75) is 45.8 Å². The van der Waals surface area contributed by atoms with E-state index in [1.165, 1.54) is 5.06 Å². The fourth-order valence-corrected chi connectivity index (χ4v) is 2.09. The van der Waals surface area contributed by atoms with Gasteiger partial charge in [-0.05, 0) is 33.3 Å². The van der Waals surface area contributed by atoms with Crippen LogP contribution in [0.3, 0.4) is 0 Å². The van der Waals surface area contributed by atoms with Crippen molar-refractivity contribution in [1.82, 2.24) is 10.0 Å². The highest BCUT2D eigenvalue weighted by Crippen LogP contribution is 2.33. The minimum atomic E-state index is -0.608. The monoisotopic (exact) mass is 282 g/mol. The molecule has 0 saturated carbocycles. The lowest BCUT2D eigenvalue weighted by molar-refractivity contribution is -0.125. The van der Waals surface area contributed by atoms with Crippen molar-refractivity contribution < 1.29 is 18.8 Å². The van der Waals surface area contributed by atoms with Crippen molar-refractivity contribution in [1.29, 1.82) is 0 Å². The van der Waals surface area contributed by atoms with Crippen LogP contribution in [0.25, 0.3) is 0 Å². The first-order chi connectivity index (χ1) is 9.29. The van der Waals surface area contributed by atoms with E-state index < -0.39 is 17.5 Å². The molecule has 1 amide bonds. The first-order valence-electron chi connectivity index (χ1n) is 6.55. The van der Waals surface area contributed by atoms with E-state index in [9.17, 15) is 9.18 Å². The van der Waals surface area contributed by atoms with E-state index >= 15 is 0 Å². The smallest absolute Gasteiger partial charge is 0.435 e. The van der Waals surface area contributed by atoms with Gasteiger partial charge in [-0.1, -0.05) is 0 Å². The Hall–Kier alpha value is -1.69. The molecule has 20 heavy (non-hydrogen) atoms. The van der Waals surface area contributed by atoms with Gasteiger partial charge in [0.05, 0.1) is 18.8 Å². The summed E-state index contributed by atoms with van der Waals surface area (Å²) < 4.78 is 18.9. The third-order valence-corrected chi connectivity index (χ3v) is 3.03. The number of carbonyl (C=O) groups excluding carboxylic acids is 1. The van der Waals surface area contributed by atoms with Crippen molar-refractivity contribution in [3.8, 4) is 0 Å². The molecule has 1 aliphatic rings. The second-order valence-corrected chi connectivity index (χ2v) is 5.78. The maximum atomic E-state index is 13.6. The normalized spacial score (nSPS) is 19.2. The molecule has 1 atom stereocenters. The van der Waals surface area contributed by atoms with Crippen LogP contribution in [0.1, 0.15) is 44.4 Å². The van der Waals surface area contributed by atoms with Gasteiger partial charge in [-0.15, -0.1) is 0 Å². The highest BCUT2D eigenvalue weighted by molar-refractivity contribution is 5.68. The average molecular weight is 282 g/mol. The molecule has 0 spiro atoms. The molecule has 2 rings (SSSR count). The van der Waals surface area contributed by atoms with Gasteiger partial charge < -0.3 is 4.74 Å².